The van der Waals surface area contributed by atoms with Gasteiger partial charge in [0.1, 0.15) is 13.2 Å². The zero-order valence-corrected chi connectivity index (χ0v) is 15.5. The third-order valence-corrected chi connectivity index (χ3v) is 2.35. The van der Waals surface area contributed by atoms with Crippen LogP contribution in [-0.4, -0.2) is 91.6 Å². The van der Waals surface area contributed by atoms with Crippen LogP contribution in [-0.2, 0) is 28.5 Å². The van der Waals surface area contributed by atoms with Crippen LogP contribution < -0.4 is 10.6 Å². The maximum absolute atomic E-state index is 10.4. The standard InChI is InChI=1S/2C8H17NO3/c2*1-8(10)7-12-6-5-11-4-3-9-2/h2*9H,3-7H2,1-2H3. The van der Waals surface area contributed by atoms with Crippen LogP contribution in [0.3, 0.4) is 0 Å². The van der Waals surface area contributed by atoms with Gasteiger partial charge in [-0.25, -0.2) is 0 Å². The minimum Gasteiger partial charge on any atom is -0.378 e. The highest BCUT2D eigenvalue weighted by Crippen LogP contribution is 1.79. The first-order chi connectivity index (χ1) is 11.5. The smallest absolute Gasteiger partial charge is 0.155 e. The summed E-state index contributed by atoms with van der Waals surface area (Å²) in [4.78, 5) is 20.8. The van der Waals surface area contributed by atoms with Crippen molar-refractivity contribution in [2.24, 2.45) is 0 Å². The molecule has 0 unspecified atom stereocenters. The fraction of sp³-hybridized carbons (Fsp3) is 0.875. The van der Waals surface area contributed by atoms with E-state index in [0.717, 1.165) is 13.1 Å². The fourth-order valence-electron chi connectivity index (χ4n) is 1.22. The summed E-state index contributed by atoms with van der Waals surface area (Å²) < 4.78 is 20.3. The quantitative estimate of drug-likeness (QED) is 0.365. The molecule has 0 radical (unpaired) electrons. The van der Waals surface area contributed by atoms with E-state index in [2.05, 4.69) is 10.6 Å². The van der Waals surface area contributed by atoms with Gasteiger partial charge in [-0.3, -0.25) is 9.59 Å². The average Bonchev–Trinajstić information content (AvgIpc) is 2.53. The Balaban J connectivity index is 0. The zero-order chi connectivity index (χ0) is 18.5. The molecule has 0 saturated carbocycles. The largest absolute Gasteiger partial charge is 0.378 e. The van der Waals surface area contributed by atoms with Crippen LogP contribution in [0.25, 0.3) is 0 Å². The van der Waals surface area contributed by atoms with Crippen LogP contribution >= 0.6 is 0 Å². The molecule has 0 saturated heterocycles. The molecule has 24 heavy (non-hydrogen) atoms. The molecular weight excluding hydrogens is 316 g/mol. The van der Waals surface area contributed by atoms with Crippen molar-refractivity contribution in [3.8, 4) is 0 Å². The molecule has 0 aliphatic heterocycles. The first-order valence-electron chi connectivity index (χ1n) is 8.13. The van der Waals surface area contributed by atoms with Crippen molar-refractivity contribution >= 4 is 11.6 Å². The minimum absolute atomic E-state index is 0.0465. The summed E-state index contributed by atoms with van der Waals surface area (Å²) in [5.74, 6) is 0.0930. The second-order valence-corrected chi connectivity index (χ2v) is 4.94. The Morgan fingerprint density at radius 2 is 0.958 bits per heavy atom. The van der Waals surface area contributed by atoms with Crippen molar-refractivity contribution in [3.05, 3.63) is 0 Å². The highest BCUT2D eigenvalue weighted by molar-refractivity contribution is 5.76. The molecule has 0 atom stereocenters. The van der Waals surface area contributed by atoms with Crippen LogP contribution in [0, 0.1) is 0 Å². The highest BCUT2D eigenvalue weighted by Gasteiger charge is 1.93. The predicted molar refractivity (Wildman–Crippen MR) is 92.5 cm³/mol. The number of Topliss-reactive ketones (excluding diaryl/α,β-unsaturated/α-hetero) is 2. The number of likely N-dealkylation sites (N-methyl/N-ethyl adjacent to an activating group) is 2. The number of hydrogen-bond donors (Lipinski definition) is 2. The first-order valence-corrected chi connectivity index (χ1v) is 8.13. The highest BCUT2D eigenvalue weighted by atomic mass is 16.5. The Morgan fingerprint density at radius 1 is 0.625 bits per heavy atom. The lowest BCUT2D eigenvalue weighted by molar-refractivity contribution is -0.122. The van der Waals surface area contributed by atoms with Gasteiger partial charge in [0, 0.05) is 13.1 Å². The molecule has 0 aliphatic rings. The Morgan fingerprint density at radius 3 is 1.25 bits per heavy atom. The van der Waals surface area contributed by atoms with E-state index in [1.807, 2.05) is 14.1 Å². The molecule has 2 N–H and O–H groups in total. The average molecular weight is 350 g/mol. The number of ether oxygens (including phenoxy) is 4. The summed E-state index contributed by atoms with van der Waals surface area (Å²) in [7, 11) is 3.74. The van der Waals surface area contributed by atoms with Crippen LogP contribution in [0.1, 0.15) is 13.8 Å². The predicted octanol–water partition coefficient (Wildman–Crippen LogP) is -0.344. The normalized spacial score (nSPS) is 10.2. The Hall–Kier alpha value is -0.900. The van der Waals surface area contributed by atoms with Gasteiger partial charge in [0.15, 0.2) is 11.6 Å². The molecule has 0 spiro atoms. The molecule has 144 valence electrons. The van der Waals surface area contributed by atoms with E-state index in [0.29, 0.717) is 39.6 Å². The third-order valence-electron chi connectivity index (χ3n) is 2.35. The molecule has 0 heterocycles. The number of hydrogen-bond acceptors (Lipinski definition) is 8. The van der Waals surface area contributed by atoms with E-state index in [-0.39, 0.29) is 24.8 Å². The lowest BCUT2D eigenvalue weighted by Crippen LogP contribution is -2.16. The van der Waals surface area contributed by atoms with Crippen LogP contribution in [0.15, 0.2) is 0 Å². The van der Waals surface area contributed by atoms with Gasteiger partial charge in [0.25, 0.3) is 0 Å². The Bertz CT molecular complexity index is 262. The summed E-state index contributed by atoms with van der Waals surface area (Å²) in [6, 6.07) is 0. The van der Waals surface area contributed by atoms with Crippen molar-refractivity contribution < 1.29 is 28.5 Å². The number of ketones is 2. The topological polar surface area (TPSA) is 95.1 Å². The van der Waals surface area contributed by atoms with Gasteiger partial charge in [-0.15, -0.1) is 0 Å². The zero-order valence-electron chi connectivity index (χ0n) is 15.5. The van der Waals surface area contributed by atoms with E-state index < -0.39 is 0 Å². The van der Waals surface area contributed by atoms with Crippen LogP contribution in [0.4, 0.5) is 0 Å². The number of carbonyl (C=O) groups excluding carboxylic acids is 2. The van der Waals surface area contributed by atoms with Gasteiger partial charge < -0.3 is 29.6 Å². The number of carbonyl (C=O) groups is 2. The van der Waals surface area contributed by atoms with Crippen molar-refractivity contribution in [3.63, 3.8) is 0 Å². The summed E-state index contributed by atoms with van der Waals surface area (Å²) >= 11 is 0. The third kappa shape index (κ3) is 29.2. The van der Waals surface area contributed by atoms with E-state index in [9.17, 15) is 9.59 Å². The summed E-state index contributed by atoms with van der Waals surface area (Å²) in [5, 5.41) is 5.91. The molecule has 0 amide bonds. The van der Waals surface area contributed by atoms with Gasteiger partial charge in [-0.2, -0.15) is 0 Å². The second-order valence-electron chi connectivity index (χ2n) is 4.94. The molecule has 8 nitrogen and oxygen atoms in total. The molecule has 0 bridgehead atoms. The van der Waals surface area contributed by atoms with Crippen molar-refractivity contribution in [1.29, 1.82) is 0 Å². The molecule has 0 aromatic carbocycles. The molecule has 0 rings (SSSR count). The lowest BCUT2D eigenvalue weighted by atomic mass is 10.5. The van der Waals surface area contributed by atoms with E-state index in [1.54, 1.807) is 0 Å². The van der Waals surface area contributed by atoms with Crippen molar-refractivity contribution in [2.75, 3.05) is 80.0 Å². The Kier molecular flexibility index (Phi) is 23.3. The van der Waals surface area contributed by atoms with Crippen molar-refractivity contribution in [2.45, 2.75) is 13.8 Å². The molecule has 0 fully saturated rings. The first kappa shape index (κ1) is 25.3. The van der Waals surface area contributed by atoms with Gasteiger partial charge >= 0.3 is 0 Å². The van der Waals surface area contributed by atoms with Gasteiger partial charge in [-0.05, 0) is 27.9 Å². The maximum atomic E-state index is 10.4. The summed E-state index contributed by atoms with van der Waals surface area (Å²) in [5.41, 5.74) is 0. The van der Waals surface area contributed by atoms with Crippen LogP contribution in [0.2, 0.25) is 0 Å². The summed E-state index contributed by atoms with van der Waals surface area (Å²) in [6.45, 7) is 8.50. The lowest BCUT2D eigenvalue weighted by Gasteiger charge is -2.03. The summed E-state index contributed by atoms with van der Waals surface area (Å²) in [6.07, 6.45) is 0. The molecule has 0 aromatic heterocycles. The maximum Gasteiger partial charge on any atom is 0.155 e. The minimum atomic E-state index is 0.0465. The molecule has 8 heteroatoms. The Labute approximate surface area is 145 Å². The SMILES string of the molecule is CNCCOCCOCC(C)=O.CNCCOCCOCC(C)=O. The number of rotatable bonds is 16. The van der Waals surface area contributed by atoms with E-state index in [4.69, 9.17) is 18.9 Å². The second kappa shape index (κ2) is 22.1. The van der Waals surface area contributed by atoms with Gasteiger partial charge in [0.05, 0.1) is 39.6 Å². The number of nitrogens with one attached hydrogen (secondary N) is 2. The van der Waals surface area contributed by atoms with Gasteiger partial charge in [-0.1, -0.05) is 0 Å². The van der Waals surface area contributed by atoms with Crippen LogP contribution in [0.5, 0.6) is 0 Å². The van der Waals surface area contributed by atoms with Crippen molar-refractivity contribution in [1.82, 2.24) is 10.6 Å². The molecule has 0 aromatic rings. The monoisotopic (exact) mass is 350 g/mol. The van der Waals surface area contributed by atoms with E-state index >= 15 is 0 Å². The fourth-order valence-corrected chi connectivity index (χ4v) is 1.22. The van der Waals surface area contributed by atoms with E-state index in [1.165, 1.54) is 13.8 Å². The van der Waals surface area contributed by atoms with Gasteiger partial charge in [0.2, 0.25) is 0 Å². The molecule has 0 aliphatic carbocycles. The molecular formula is C16H34N2O6.